The van der Waals surface area contributed by atoms with Gasteiger partial charge < -0.3 is 10.5 Å². The summed E-state index contributed by atoms with van der Waals surface area (Å²) in [5.74, 6) is -0.489. The normalized spacial score (nSPS) is 11.8. The molecule has 0 radical (unpaired) electrons. The number of ether oxygens (including phenoxy) is 1. The smallest absolute Gasteiger partial charge is 0.140 e. The van der Waals surface area contributed by atoms with Crippen LogP contribution in [0.5, 0.6) is 5.75 Å². The van der Waals surface area contributed by atoms with Crippen molar-refractivity contribution in [2.75, 3.05) is 0 Å². The van der Waals surface area contributed by atoms with E-state index in [-0.39, 0.29) is 24.0 Å². The summed E-state index contributed by atoms with van der Waals surface area (Å²) < 4.78 is 32.1. The van der Waals surface area contributed by atoms with Gasteiger partial charge in [0.15, 0.2) is 0 Å². The summed E-state index contributed by atoms with van der Waals surface area (Å²) in [5, 5.41) is 8.79. The van der Waals surface area contributed by atoms with Crippen molar-refractivity contribution >= 4 is 0 Å². The minimum Gasteiger partial charge on any atom is -0.489 e. The highest BCUT2D eigenvalue weighted by Gasteiger charge is 2.10. The van der Waals surface area contributed by atoms with Crippen LogP contribution in [-0.2, 0) is 6.61 Å². The number of hydrogen-bond acceptors (Lipinski definition) is 3. The van der Waals surface area contributed by atoms with E-state index in [4.69, 9.17) is 15.7 Å². The van der Waals surface area contributed by atoms with Crippen molar-refractivity contribution in [1.82, 2.24) is 0 Å². The predicted octanol–water partition coefficient (Wildman–Crippen LogP) is 3.44. The molecule has 0 heterocycles. The molecular weight excluding hydrogens is 274 g/mol. The van der Waals surface area contributed by atoms with Crippen molar-refractivity contribution in [3.8, 4) is 11.8 Å². The van der Waals surface area contributed by atoms with Crippen LogP contribution in [0.25, 0.3) is 0 Å². The number of rotatable bonds is 4. The zero-order chi connectivity index (χ0) is 15.4. The molecule has 0 aliphatic rings. The van der Waals surface area contributed by atoms with Crippen molar-refractivity contribution in [3.05, 3.63) is 64.7 Å². The lowest BCUT2D eigenvalue weighted by atomic mass is 10.1. The summed E-state index contributed by atoms with van der Waals surface area (Å²) in [6.07, 6.45) is 0. The Bertz CT molecular complexity index is 693. The van der Waals surface area contributed by atoms with Crippen LogP contribution in [0.15, 0.2) is 36.4 Å². The molecule has 0 bridgehead atoms. The van der Waals surface area contributed by atoms with Crippen LogP contribution in [0.4, 0.5) is 8.78 Å². The van der Waals surface area contributed by atoms with Gasteiger partial charge >= 0.3 is 0 Å². The van der Waals surface area contributed by atoms with Gasteiger partial charge in [-0.2, -0.15) is 5.26 Å². The van der Waals surface area contributed by atoms with Gasteiger partial charge in [-0.1, -0.05) is 6.07 Å². The van der Waals surface area contributed by atoms with Crippen LogP contribution >= 0.6 is 0 Å². The Morgan fingerprint density at radius 3 is 2.67 bits per heavy atom. The lowest BCUT2D eigenvalue weighted by Crippen LogP contribution is -2.08. The van der Waals surface area contributed by atoms with Crippen LogP contribution in [0, 0.1) is 23.0 Å². The van der Waals surface area contributed by atoms with Crippen LogP contribution in [0.2, 0.25) is 0 Å². The van der Waals surface area contributed by atoms with E-state index in [0.29, 0.717) is 16.9 Å². The maximum atomic E-state index is 13.2. The monoisotopic (exact) mass is 288 g/mol. The van der Waals surface area contributed by atoms with Crippen LogP contribution in [0.1, 0.15) is 29.7 Å². The maximum Gasteiger partial charge on any atom is 0.140 e. The summed E-state index contributed by atoms with van der Waals surface area (Å²) in [6, 6.07) is 9.68. The van der Waals surface area contributed by atoms with E-state index in [1.54, 1.807) is 13.0 Å². The average molecular weight is 288 g/mol. The fraction of sp³-hybridized carbons (Fsp3) is 0.188. The molecule has 5 heteroatoms. The van der Waals surface area contributed by atoms with Crippen molar-refractivity contribution in [2.45, 2.75) is 19.6 Å². The number of nitrogens with two attached hydrogens (primary N) is 1. The molecule has 0 saturated carbocycles. The summed E-state index contributed by atoms with van der Waals surface area (Å²) in [4.78, 5) is 0. The number of nitrogens with zero attached hydrogens (tertiary/aromatic N) is 1. The predicted molar refractivity (Wildman–Crippen MR) is 74.4 cm³/mol. The Kier molecular flexibility index (Phi) is 4.51. The number of hydrogen-bond donors (Lipinski definition) is 1. The van der Waals surface area contributed by atoms with Crippen molar-refractivity contribution in [3.63, 3.8) is 0 Å². The fourth-order valence-electron chi connectivity index (χ4n) is 1.92. The van der Waals surface area contributed by atoms with Crippen molar-refractivity contribution in [1.29, 1.82) is 5.26 Å². The van der Waals surface area contributed by atoms with E-state index in [2.05, 4.69) is 0 Å². The molecule has 0 unspecified atom stereocenters. The molecule has 3 nitrogen and oxygen atoms in total. The zero-order valence-corrected chi connectivity index (χ0v) is 11.4. The fourth-order valence-corrected chi connectivity index (χ4v) is 1.92. The molecule has 0 aliphatic carbocycles. The van der Waals surface area contributed by atoms with Gasteiger partial charge in [-0.15, -0.1) is 0 Å². The Hall–Kier alpha value is -2.45. The van der Waals surface area contributed by atoms with E-state index in [1.807, 2.05) is 0 Å². The molecule has 21 heavy (non-hydrogen) atoms. The molecule has 1 atom stereocenters. The van der Waals surface area contributed by atoms with Gasteiger partial charge in [0.05, 0.1) is 5.56 Å². The summed E-state index contributed by atoms with van der Waals surface area (Å²) in [5.41, 5.74) is 6.94. The molecule has 2 rings (SSSR count). The second-order valence-corrected chi connectivity index (χ2v) is 4.69. The number of benzene rings is 2. The van der Waals surface area contributed by atoms with Gasteiger partial charge in [0.2, 0.25) is 0 Å². The summed E-state index contributed by atoms with van der Waals surface area (Å²) in [7, 11) is 0. The Morgan fingerprint density at radius 1 is 1.24 bits per heavy atom. The largest absolute Gasteiger partial charge is 0.489 e. The summed E-state index contributed by atoms with van der Waals surface area (Å²) in [6.45, 7) is 1.87. The lowest BCUT2D eigenvalue weighted by molar-refractivity contribution is 0.300. The minimum absolute atomic E-state index is 0.0392. The first kappa shape index (κ1) is 14.9. The second kappa shape index (κ2) is 6.33. The van der Waals surface area contributed by atoms with E-state index in [0.717, 1.165) is 0 Å². The lowest BCUT2D eigenvalue weighted by Gasteiger charge is -2.14. The molecule has 0 amide bonds. The van der Waals surface area contributed by atoms with Gasteiger partial charge in [-0.05, 0) is 42.8 Å². The standard InChI is InChI=1S/C16H14F2N2O/c1-10(20)14-7-13(17)3-5-16(14)21-9-11-2-4-15(18)12(6-11)8-19/h2-7,10H,9,20H2,1H3/t10-/m0/s1. The van der Waals surface area contributed by atoms with E-state index >= 15 is 0 Å². The van der Waals surface area contributed by atoms with Gasteiger partial charge in [-0.3, -0.25) is 0 Å². The first-order valence-electron chi connectivity index (χ1n) is 6.37. The first-order chi connectivity index (χ1) is 10.0. The molecule has 0 fully saturated rings. The van der Waals surface area contributed by atoms with Crippen LogP contribution < -0.4 is 10.5 Å². The topological polar surface area (TPSA) is 59.0 Å². The average Bonchev–Trinajstić information content (AvgIpc) is 2.47. The van der Waals surface area contributed by atoms with Gasteiger partial charge in [-0.25, -0.2) is 8.78 Å². The van der Waals surface area contributed by atoms with Crippen LogP contribution in [0.3, 0.4) is 0 Å². The molecule has 108 valence electrons. The number of nitriles is 1. The second-order valence-electron chi connectivity index (χ2n) is 4.69. The SMILES string of the molecule is C[C@H](N)c1cc(F)ccc1OCc1ccc(F)c(C#N)c1. The molecule has 0 aromatic heterocycles. The highest BCUT2D eigenvalue weighted by atomic mass is 19.1. The quantitative estimate of drug-likeness (QED) is 0.937. The van der Waals surface area contributed by atoms with Gasteiger partial charge in [0, 0.05) is 11.6 Å². The molecule has 0 spiro atoms. The Balaban J connectivity index is 2.19. The Labute approximate surface area is 121 Å². The Morgan fingerprint density at radius 2 is 2.00 bits per heavy atom. The van der Waals surface area contributed by atoms with Crippen molar-refractivity contribution in [2.24, 2.45) is 5.73 Å². The highest BCUT2D eigenvalue weighted by molar-refractivity contribution is 5.37. The molecule has 0 saturated heterocycles. The minimum atomic E-state index is -0.570. The third kappa shape index (κ3) is 3.56. The molecular formula is C16H14F2N2O. The van der Waals surface area contributed by atoms with E-state index in [1.165, 1.54) is 36.4 Å². The van der Waals surface area contributed by atoms with Crippen molar-refractivity contribution < 1.29 is 13.5 Å². The number of halogens is 2. The molecule has 2 aromatic carbocycles. The van der Waals surface area contributed by atoms with E-state index in [9.17, 15) is 8.78 Å². The maximum absolute atomic E-state index is 13.2. The third-order valence-electron chi connectivity index (χ3n) is 3.01. The van der Waals surface area contributed by atoms with Gasteiger partial charge in [0.25, 0.3) is 0 Å². The van der Waals surface area contributed by atoms with Gasteiger partial charge in [0.1, 0.15) is 30.1 Å². The molecule has 2 aromatic rings. The summed E-state index contributed by atoms with van der Waals surface area (Å²) >= 11 is 0. The zero-order valence-electron chi connectivity index (χ0n) is 11.4. The first-order valence-corrected chi connectivity index (χ1v) is 6.37. The van der Waals surface area contributed by atoms with Crippen LogP contribution in [-0.4, -0.2) is 0 Å². The third-order valence-corrected chi connectivity index (χ3v) is 3.01. The van der Waals surface area contributed by atoms with E-state index < -0.39 is 5.82 Å². The molecule has 2 N–H and O–H groups in total. The molecule has 0 aliphatic heterocycles. The highest BCUT2D eigenvalue weighted by Crippen LogP contribution is 2.25.